The Labute approximate surface area is 197 Å². The fourth-order valence-electron chi connectivity index (χ4n) is 3.82. The summed E-state index contributed by atoms with van der Waals surface area (Å²) in [5.74, 6) is -0.940. The van der Waals surface area contributed by atoms with E-state index in [0.29, 0.717) is 16.3 Å². The highest BCUT2D eigenvalue weighted by atomic mass is 35.5. The fourth-order valence-corrected chi connectivity index (χ4v) is 5.59. The topological polar surface area (TPSA) is 83.9 Å². The quantitative estimate of drug-likeness (QED) is 0.534. The van der Waals surface area contributed by atoms with E-state index in [4.69, 9.17) is 16.3 Å². The predicted molar refractivity (Wildman–Crippen MR) is 126 cm³/mol. The van der Waals surface area contributed by atoms with Gasteiger partial charge in [-0.1, -0.05) is 53.6 Å². The lowest BCUT2D eigenvalue weighted by Gasteiger charge is -2.27. The van der Waals surface area contributed by atoms with Gasteiger partial charge in [0.05, 0.1) is 18.0 Å². The van der Waals surface area contributed by atoms with Crippen LogP contribution in [0.4, 0.5) is 0 Å². The van der Waals surface area contributed by atoms with Crippen molar-refractivity contribution in [2.45, 2.75) is 24.4 Å². The van der Waals surface area contributed by atoms with Gasteiger partial charge in [0.1, 0.15) is 10.7 Å². The number of rotatable bonds is 6. The van der Waals surface area contributed by atoms with E-state index in [2.05, 4.69) is 0 Å². The molecule has 0 saturated heterocycles. The van der Waals surface area contributed by atoms with Crippen molar-refractivity contribution < 1.29 is 23.1 Å². The number of benzene rings is 3. The van der Waals surface area contributed by atoms with Crippen molar-refractivity contribution in [1.29, 1.82) is 0 Å². The Balaban J connectivity index is 1.84. The minimum absolute atomic E-state index is 0.0584. The molecule has 1 N–H and O–H groups in total. The molecule has 33 heavy (non-hydrogen) atoms. The summed E-state index contributed by atoms with van der Waals surface area (Å²) in [4.78, 5) is 14.1. The van der Waals surface area contributed by atoms with Crippen LogP contribution in [0.1, 0.15) is 22.7 Å². The SMILES string of the molecule is COc1ccc([C@H]2C(S(=O)(=O)c3ccc(Cl)cc3)=C(O)C(=O)N2Cc2ccc(C)cc2)cc1. The van der Waals surface area contributed by atoms with Crippen LogP contribution < -0.4 is 4.74 Å². The molecule has 1 amide bonds. The number of amides is 1. The summed E-state index contributed by atoms with van der Waals surface area (Å²) < 4.78 is 32.4. The number of halogens is 1. The molecule has 3 aromatic carbocycles. The first-order chi connectivity index (χ1) is 15.7. The molecule has 1 atom stereocenters. The van der Waals surface area contributed by atoms with Gasteiger partial charge in [-0.2, -0.15) is 0 Å². The van der Waals surface area contributed by atoms with Gasteiger partial charge in [-0.25, -0.2) is 8.42 Å². The third-order valence-electron chi connectivity index (χ3n) is 5.58. The molecule has 0 fully saturated rings. The second-order valence-corrected chi connectivity index (χ2v) is 10.1. The Morgan fingerprint density at radius 3 is 2.15 bits per heavy atom. The normalized spacial score (nSPS) is 16.4. The van der Waals surface area contributed by atoms with Gasteiger partial charge >= 0.3 is 0 Å². The van der Waals surface area contributed by atoms with E-state index in [0.717, 1.165) is 11.1 Å². The molecular formula is C25H22ClNO5S. The van der Waals surface area contributed by atoms with E-state index in [-0.39, 0.29) is 16.3 Å². The van der Waals surface area contributed by atoms with Crippen molar-refractivity contribution in [2.24, 2.45) is 0 Å². The fraction of sp³-hybridized carbons (Fsp3) is 0.160. The summed E-state index contributed by atoms with van der Waals surface area (Å²) >= 11 is 5.92. The Bertz CT molecular complexity index is 1310. The molecule has 0 unspecified atom stereocenters. The highest BCUT2D eigenvalue weighted by molar-refractivity contribution is 7.95. The summed E-state index contributed by atoms with van der Waals surface area (Å²) in [5, 5.41) is 11.2. The number of aliphatic hydroxyl groups is 1. The highest BCUT2D eigenvalue weighted by Gasteiger charge is 2.46. The number of hydrogen-bond donors (Lipinski definition) is 1. The Morgan fingerprint density at radius 2 is 1.58 bits per heavy atom. The lowest BCUT2D eigenvalue weighted by atomic mass is 10.1. The van der Waals surface area contributed by atoms with Crippen molar-refractivity contribution in [3.63, 3.8) is 0 Å². The van der Waals surface area contributed by atoms with Gasteiger partial charge in [0.15, 0.2) is 5.76 Å². The number of methoxy groups -OCH3 is 1. The molecular weight excluding hydrogens is 462 g/mol. The number of aryl methyl sites for hydroxylation is 1. The number of ether oxygens (including phenoxy) is 1. The summed E-state index contributed by atoms with van der Waals surface area (Å²) in [7, 11) is -2.68. The smallest absolute Gasteiger partial charge is 0.290 e. The van der Waals surface area contributed by atoms with E-state index in [1.165, 1.54) is 36.3 Å². The monoisotopic (exact) mass is 483 g/mol. The average Bonchev–Trinajstić information content (AvgIpc) is 3.06. The van der Waals surface area contributed by atoms with Gasteiger partial charge in [-0.05, 0) is 54.4 Å². The van der Waals surface area contributed by atoms with Crippen LogP contribution in [0.25, 0.3) is 0 Å². The van der Waals surface area contributed by atoms with E-state index < -0.39 is 27.5 Å². The standard InChI is InChI=1S/C25H22ClNO5S/c1-16-3-5-17(6-4-16)15-27-22(18-7-11-20(32-2)12-8-18)24(23(28)25(27)29)33(30,31)21-13-9-19(26)10-14-21/h3-14,22,28H,15H2,1-2H3/t22-/m0/s1. The molecule has 0 aliphatic carbocycles. The Morgan fingerprint density at radius 1 is 0.970 bits per heavy atom. The molecule has 0 aromatic heterocycles. The second-order valence-electron chi connectivity index (χ2n) is 7.76. The van der Waals surface area contributed by atoms with E-state index in [1.54, 1.807) is 24.3 Å². The van der Waals surface area contributed by atoms with Gasteiger partial charge < -0.3 is 14.7 Å². The van der Waals surface area contributed by atoms with E-state index >= 15 is 0 Å². The average molecular weight is 484 g/mol. The summed E-state index contributed by atoms with van der Waals surface area (Å²) in [5.41, 5.74) is 2.41. The molecule has 0 saturated carbocycles. The summed E-state index contributed by atoms with van der Waals surface area (Å²) in [6.45, 7) is 2.08. The zero-order valence-corrected chi connectivity index (χ0v) is 19.6. The maximum atomic E-state index is 13.6. The number of carbonyl (C=O) groups is 1. The number of nitrogens with zero attached hydrogens (tertiary/aromatic N) is 1. The molecule has 0 spiro atoms. The van der Waals surface area contributed by atoms with Gasteiger partial charge in [0, 0.05) is 11.6 Å². The number of carbonyl (C=O) groups excluding carboxylic acids is 1. The molecule has 6 nitrogen and oxygen atoms in total. The molecule has 170 valence electrons. The van der Waals surface area contributed by atoms with Gasteiger partial charge in [-0.3, -0.25) is 4.79 Å². The molecule has 0 radical (unpaired) electrons. The predicted octanol–water partition coefficient (Wildman–Crippen LogP) is 4.98. The lowest BCUT2D eigenvalue weighted by molar-refractivity contribution is -0.130. The summed E-state index contributed by atoms with van der Waals surface area (Å²) in [6, 6.07) is 18.9. The molecule has 1 aliphatic rings. The third kappa shape index (κ3) is 4.34. The minimum atomic E-state index is -4.21. The number of sulfone groups is 1. The van der Waals surface area contributed by atoms with Crippen LogP contribution in [0.5, 0.6) is 5.75 Å². The van der Waals surface area contributed by atoms with Crippen molar-refractivity contribution in [3.8, 4) is 5.75 Å². The second kappa shape index (κ2) is 8.92. The first-order valence-corrected chi connectivity index (χ1v) is 12.0. The maximum Gasteiger partial charge on any atom is 0.290 e. The highest BCUT2D eigenvalue weighted by Crippen LogP contribution is 2.43. The van der Waals surface area contributed by atoms with E-state index in [9.17, 15) is 18.3 Å². The van der Waals surface area contributed by atoms with Crippen molar-refractivity contribution in [1.82, 2.24) is 4.90 Å². The summed E-state index contributed by atoms with van der Waals surface area (Å²) in [6.07, 6.45) is 0. The first kappa shape index (κ1) is 22.9. The maximum absolute atomic E-state index is 13.6. The van der Waals surface area contributed by atoms with Gasteiger partial charge in [0.2, 0.25) is 9.84 Å². The van der Waals surface area contributed by atoms with E-state index in [1.807, 2.05) is 31.2 Å². The van der Waals surface area contributed by atoms with Crippen molar-refractivity contribution >= 4 is 27.3 Å². The van der Waals surface area contributed by atoms with Crippen molar-refractivity contribution in [2.75, 3.05) is 7.11 Å². The van der Waals surface area contributed by atoms with Crippen LogP contribution in [-0.2, 0) is 21.2 Å². The number of aliphatic hydroxyl groups excluding tert-OH is 1. The largest absolute Gasteiger partial charge is 0.502 e. The first-order valence-electron chi connectivity index (χ1n) is 10.2. The van der Waals surface area contributed by atoms with Gasteiger partial charge in [-0.15, -0.1) is 0 Å². The Hall–Kier alpha value is -3.29. The molecule has 1 aliphatic heterocycles. The zero-order valence-electron chi connectivity index (χ0n) is 18.0. The van der Waals surface area contributed by atoms with Crippen LogP contribution in [0, 0.1) is 6.92 Å². The molecule has 1 heterocycles. The van der Waals surface area contributed by atoms with Crippen LogP contribution in [0.15, 0.2) is 88.4 Å². The third-order valence-corrected chi connectivity index (χ3v) is 7.72. The Kier molecular flexibility index (Phi) is 6.19. The van der Waals surface area contributed by atoms with Crippen molar-refractivity contribution in [3.05, 3.63) is 105 Å². The molecule has 3 aromatic rings. The lowest BCUT2D eigenvalue weighted by Crippen LogP contribution is -2.30. The van der Waals surface area contributed by atoms with Crippen LogP contribution >= 0.6 is 11.6 Å². The van der Waals surface area contributed by atoms with Crippen LogP contribution in [0.3, 0.4) is 0 Å². The minimum Gasteiger partial charge on any atom is -0.502 e. The van der Waals surface area contributed by atoms with Crippen LogP contribution in [-0.4, -0.2) is 31.4 Å². The number of hydrogen-bond acceptors (Lipinski definition) is 5. The van der Waals surface area contributed by atoms with Gasteiger partial charge in [0.25, 0.3) is 5.91 Å². The van der Waals surface area contributed by atoms with Crippen LogP contribution in [0.2, 0.25) is 5.02 Å². The molecule has 4 rings (SSSR count). The molecule has 8 heteroatoms. The molecule has 0 bridgehead atoms. The zero-order chi connectivity index (χ0) is 23.8.